The lowest BCUT2D eigenvalue weighted by atomic mass is 9.98. The number of carbonyl (C=O) groups excluding carboxylic acids is 2. The third-order valence-corrected chi connectivity index (χ3v) is 4.07. The maximum Gasteiger partial charge on any atom is 0.407 e. The Morgan fingerprint density at radius 1 is 1.32 bits per heavy atom. The smallest absolute Gasteiger partial charge is 0.407 e. The van der Waals surface area contributed by atoms with Crippen LogP contribution >= 0.6 is 0 Å². The van der Waals surface area contributed by atoms with Gasteiger partial charge in [-0.05, 0) is 57.7 Å². The van der Waals surface area contributed by atoms with Crippen molar-refractivity contribution in [3.63, 3.8) is 0 Å². The van der Waals surface area contributed by atoms with E-state index in [0.29, 0.717) is 13.1 Å². The maximum absolute atomic E-state index is 12.5. The lowest BCUT2D eigenvalue weighted by Gasteiger charge is -2.31. The minimum atomic E-state index is -0.515. The first-order valence-corrected chi connectivity index (χ1v) is 8.64. The molecule has 0 aliphatic carbocycles. The number of hydrogen-bond acceptors (Lipinski definition) is 4. The number of nitrogens with one attached hydrogen (secondary N) is 1. The normalized spacial score (nSPS) is 15.3. The summed E-state index contributed by atoms with van der Waals surface area (Å²) in [5, 5.41) is 2.76. The Morgan fingerprint density at radius 2 is 2.04 bits per heavy atom. The van der Waals surface area contributed by atoms with Crippen molar-refractivity contribution in [1.29, 1.82) is 0 Å². The van der Waals surface area contributed by atoms with E-state index in [1.807, 2.05) is 39.0 Å². The van der Waals surface area contributed by atoms with Gasteiger partial charge in [-0.15, -0.1) is 0 Å². The van der Waals surface area contributed by atoms with Gasteiger partial charge < -0.3 is 19.7 Å². The van der Waals surface area contributed by atoms with Crippen LogP contribution in [-0.4, -0.2) is 37.4 Å². The summed E-state index contributed by atoms with van der Waals surface area (Å²) < 4.78 is 10.4. The number of carbonyl (C=O) groups is 2. The Balaban J connectivity index is 2.06. The molecule has 1 aromatic rings. The molecule has 25 heavy (non-hydrogen) atoms. The monoisotopic (exact) mass is 348 g/mol. The van der Waals surface area contributed by atoms with Crippen LogP contribution in [0.1, 0.15) is 45.2 Å². The number of aryl methyl sites for hydroxylation is 1. The summed E-state index contributed by atoms with van der Waals surface area (Å²) in [4.78, 5) is 26.0. The first kappa shape index (κ1) is 19.2. The highest BCUT2D eigenvalue weighted by Gasteiger charge is 2.26. The Kier molecular flexibility index (Phi) is 6.06. The molecule has 1 heterocycles. The van der Waals surface area contributed by atoms with E-state index in [-0.39, 0.29) is 5.91 Å². The van der Waals surface area contributed by atoms with E-state index < -0.39 is 17.8 Å². The molecule has 1 N–H and O–H groups in total. The van der Waals surface area contributed by atoms with Crippen molar-refractivity contribution in [3.05, 3.63) is 29.3 Å². The molecular formula is C19H28N2O4. The van der Waals surface area contributed by atoms with Crippen molar-refractivity contribution < 1.29 is 19.1 Å². The predicted molar refractivity (Wildman–Crippen MR) is 96.7 cm³/mol. The SMILES string of the molecule is COC(C)C(=O)N1CCCc2cc(CNC(=O)OC(C)(C)C)ccc21. The number of fused-ring (bicyclic) bond motifs is 1. The van der Waals surface area contributed by atoms with Gasteiger partial charge in [0.25, 0.3) is 5.91 Å². The number of methoxy groups -OCH3 is 1. The number of rotatable bonds is 4. The number of alkyl carbamates (subject to hydrolysis) is 1. The van der Waals surface area contributed by atoms with Gasteiger partial charge in [0.15, 0.2) is 0 Å². The summed E-state index contributed by atoms with van der Waals surface area (Å²) in [7, 11) is 1.54. The molecule has 2 amide bonds. The zero-order valence-electron chi connectivity index (χ0n) is 15.7. The first-order chi connectivity index (χ1) is 11.7. The summed E-state index contributed by atoms with van der Waals surface area (Å²) in [6.07, 6.45) is 0.939. The second-order valence-electron chi connectivity index (χ2n) is 7.29. The third kappa shape index (κ3) is 5.19. The second kappa shape index (κ2) is 7.87. The topological polar surface area (TPSA) is 67.9 Å². The van der Waals surface area contributed by atoms with Crippen LogP contribution in [0.15, 0.2) is 18.2 Å². The highest BCUT2D eigenvalue weighted by atomic mass is 16.6. The quantitative estimate of drug-likeness (QED) is 0.908. The van der Waals surface area contributed by atoms with E-state index in [0.717, 1.165) is 29.7 Å². The van der Waals surface area contributed by atoms with Crippen LogP contribution in [0.5, 0.6) is 0 Å². The molecule has 0 saturated heterocycles. The predicted octanol–water partition coefficient (Wildman–Crippen LogP) is 3.03. The summed E-state index contributed by atoms with van der Waals surface area (Å²) in [5.41, 5.74) is 2.52. The Hall–Kier alpha value is -2.08. The first-order valence-electron chi connectivity index (χ1n) is 8.64. The average molecular weight is 348 g/mol. The van der Waals surface area contributed by atoms with Gasteiger partial charge in [0.05, 0.1) is 0 Å². The van der Waals surface area contributed by atoms with E-state index in [2.05, 4.69) is 5.32 Å². The highest BCUT2D eigenvalue weighted by Crippen LogP contribution is 2.29. The fourth-order valence-corrected chi connectivity index (χ4v) is 2.80. The fraction of sp³-hybridized carbons (Fsp3) is 0.579. The van der Waals surface area contributed by atoms with E-state index in [1.165, 1.54) is 0 Å². The standard InChI is InChI=1S/C19H28N2O4/c1-13(24-5)17(22)21-10-6-7-15-11-14(8-9-16(15)21)12-20-18(23)25-19(2,3)4/h8-9,11,13H,6-7,10,12H2,1-5H3,(H,20,23). The number of hydrogen-bond donors (Lipinski definition) is 1. The van der Waals surface area contributed by atoms with E-state index in [4.69, 9.17) is 9.47 Å². The van der Waals surface area contributed by atoms with Gasteiger partial charge in [-0.2, -0.15) is 0 Å². The minimum absolute atomic E-state index is 0.0249. The zero-order valence-corrected chi connectivity index (χ0v) is 15.7. The largest absolute Gasteiger partial charge is 0.444 e. The second-order valence-corrected chi connectivity index (χ2v) is 7.29. The summed E-state index contributed by atoms with van der Waals surface area (Å²) in [5.74, 6) is -0.0249. The molecule has 0 fully saturated rings. The van der Waals surface area contributed by atoms with Crippen molar-refractivity contribution >= 4 is 17.7 Å². The molecule has 6 nitrogen and oxygen atoms in total. The Bertz CT molecular complexity index is 637. The molecule has 0 radical (unpaired) electrons. The van der Waals surface area contributed by atoms with Crippen molar-refractivity contribution in [2.24, 2.45) is 0 Å². The van der Waals surface area contributed by atoms with Crippen molar-refractivity contribution in [3.8, 4) is 0 Å². The molecule has 138 valence electrons. The molecule has 0 saturated carbocycles. The summed E-state index contributed by atoms with van der Waals surface area (Å²) in [6.45, 7) is 8.35. The van der Waals surface area contributed by atoms with Gasteiger partial charge >= 0.3 is 6.09 Å². The van der Waals surface area contributed by atoms with Crippen LogP contribution in [0.3, 0.4) is 0 Å². The lowest BCUT2D eigenvalue weighted by molar-refractivity contribution is -0.127. The molecule has 1 aromatic carbocycles. The highest BCUT2D eigenvalue weighted by molar-refractivity contribution is 5.97. The minimum Gasteiger partial charge on any atom is -0.444 e. The number of anilines is 1. The van der Waals surface area contributed by atoms with Gasteiger partial charge in [-0.3, -0.25) is 4.79 Å². The van der Waals surface area contributed by atoms with Crippen molar-refractivity contribution in [2.75, 3.05) is 18.6 Å². The fourth-order valence-electron chi connectivity index (χ4n) is 2.80. The van der Waals surface area contributed by atoms with E-state index in [1.54, 1.807) is 18.9 Å². The molecule has 1 unspecified atom stereocenters. The van der Waals surface area contributed by atoms with Crippen molar-refractivity contribution in [2.45, 2.75) is 58.8 Å². The molecule has 1 aliphatic rings. The third-order valence-electron chi connectivity index (χ3n) is 4.07. The van der Waals surface area contributed by atoms with Crippen LogP contribution in [-0.2, 0) is 27.2 Å². The van der Waals surface area contributed by atoms with Crippen LogP contribution in [0, 0.1) is 0 Å². The number of nitrogens with zero attached hydrogens (tertiary/aromatic N) is 1. The van der Waals surface area contributed by atoms with Gasteiger partial charge in [0.2, 0.25) is 0 Å². The molecule has 0 bridgehead atoms. The average Bonchev–Trinajstić information content (AvgIpc) is 2.56. The maximum atomic E-state index is 12.5. The molecule has 2 rings (SSSR count). The van der Waals surface area contributed by atoms with Gasteiger partial charge in [-0.1, -0.05) is 12.1 Å². The lowest BCUT2D eigenvalue weighted by Crippen LogP contribution is -2.41. The van der Waals surface area contributed by atoms with Crippen LogP contribution in [0.2, 0.25) is 0 Å². The van der Waals surface area contributed by atoms with Crippen LogP contribution in [0.4, 0.5) is 10.5 Å². The molecule has 1 aliphatic heterocycles. The Labute approximate surface area is 149 Å². The van der Waals surface area contributed by atoms with Gasteiger partial charge in [-0.25, -0.2) is 4.79 Å². The number of ether oxygens (including phenoxy) is 2. The van der Waals surface area contributed by atoms with Crippen molar-refractivity contribution in [1.82, 2.24) is 5.32 Å². The number of amides is 2. The van der Waals surface area contributed by atoms with Crippen LogP contribution < -0.4 is 10.2 Å². The summed E-state index contributed by atoms with van der Waals surface area (Å²) in [6, 6.07) is 5.92. The molecule has 6 heteroatoms. The summed E-state index contributed by atoms with van der Waals surface area (Å²) >= 11 is 0. The zero-order chi connectivity index (χ0) is 18.6. The Morgan fingerprint density at radius 3 is 2.68 bits per heavy atom. The number of benzene rings is 1. The molecule has 0 spiro atoms. The van der Waals surface area contributed by atoms with Gasteiger partial charge in [0, 0.05) is 25.9 Å². The van der Waals surface area contributed by atoms with E-state index in [9.17, 15) is 9.59 Å². The van der Waals surface area contributed by atoms with Crippen LogP contribution in [0.25, 0.3) is 0 Å². The molecular weight excluding hydrogens is 320 g/mol. The van der Waals surface area contributed by atoms with Gasteiger partial charge in [0.1, 0.15) is 11.7 Å². The molecule has 1 atom stereocenters. The molecule has 0 aromatic heterocycles. The van der Waals surface area contributed by atoms with E-state index >= 15 is 0 Å².